The zero-order chi connectivity index (χ0) is 14.9. The number of H-pyrrole nitrogens is 1. The molecule has 1 atom stereocenters. The minimum absolute atomic E-state index is 0.506. The summed E-state index contributed by atoms with van der Waals surface area (Å²) < 4.78 is 5.66. The lowest BCUT2D eigenvalue weighted by Gasteiger charge is -2.22. The van der Waals surface area contributed by atoms with Crippen molar-refractivity contribution >= 4 is 11.3 Å². The Morgan fingerprint density at radius 1 is 1.41 bits per heavy atom. The molecule has 0 aromatic carbocycles. The van der Waals surface area contributed by atoms with Crippen molar-refractivity contribution in [3.05, 3.63) is 53.0 Å². The third-order valence-corrected chi connectivity index (χ3v) is 5.20. The summed E-state index contributed by atoms with van der Waals surface area (Å²) in [5.74, 6) is 1.80. The fraction of sp³-hybridized carbons (Fsp3) is 0.353. The van der Waals surface area contributed by atoms with Crippen molar-refractivity contribution in [3.8, 4) is 10.8 Å². The van der Waals surface area contributed by atoms with Crippen LogP contribution in [0.2, 0.25) is 0 Å². The molecule has 4 rings (SSSR count). The molecule has 4 heterocycles. The van der Waals surface area contributed by atoms with Crippen molar-refractivity contribution in [1.29, 1.82) is 0 Å². The number of furan rings is 1. The highest BCUT2D eigenvalue weighted by Crippen LogP contribution is 2.34. The molecule has 4 nitrogen and oxygen atoms in total. The molecule has 0 saturated carbocycles. The first kappa shape index (κ1) is 13.8. The lowest BCUT2D eigenvalue weighted by molar-refractivity contribution is 0.247. The second-order valence-corrected chi connectivity index (χ2v) is 6.91. The number of rotatable bonds is 4. The van der Waals surface area contributed by atoms with E-state index in [-0.39, 0.29) is 0 Å². The van der Waals surface area contributed by atoms with E-state index in [1.54, 1.807) is 11.3 Å². The summed E-state index contributed by atoms with van der Waals surface area (Å²) in [6.07, 6.45) is 6.48. The molecule has 0 amide bonds. The minimum Gasteiger partial charge on any atom is -0.459 e. The number of thiazole rings is 1. The van der Waals surface area contributed by atoms with Gasteiger partial charge in [0.25, 0.3) is 0 Å². The number of aromatic nitrogens is 2. The van der Waals surface area contributed by atoms with Crippen molar-refractivity contribution in [1.82, 2.24) is 14.9 Å². The van der Waals surface area contributed by atoms with Crippen LogP contribution in [0.25, 0.3) is 10.8 Å². The van der Waals surface area contributed by atoms with E-state index in [1.165, 1.54) is 23.4 Å². The van der Waals surface area contributed by atoms with Crippen LogP contribution in [-0.4, -0.2) is 21.4 Å². The zero-order valence-electron chi connectivity index (χ0n) is 12.6. The van der Waals surface area contributed by atoms with Crippen molar-refractivity contribution < 1.29 is 4.42 Å². The number of likely N-dealkylation sites (tertiary alicyclic amines) is 1. The van der Waals surface area contributed by atoms with Crippen LogP contribution in [0, 0.1) is 6.92 Å². The molecule has 0 bridgehead atoms. The van der Waals surface area contributed by atoms with Crippen LogP contribution in [0.15, 0.2) is 41.1 Å². The monoisotopic (exact) mass is 313 g/mol. The molecule has 1 aliphatic rings. The van der Waals surface area contributed by atoms with Crippen molar-refractivity contribution in [3.63, 3.8) is 0 Å². The topological polar surface area (TPSA) is 45.1 Å². The number of nitrogens with one attached hydrogen (secondary N) is 1. The Labute approximate surface area is 133 Å². The molecule has 1 N–H and O–H groups in total. The summed E-state index contributed by atoms with van der Waals surface area (Å²) in [4.78, 5) is 11.7. The average Bonchev–Trinajstić information content (AvgIpc) is 3.25. The molecule has 3 aromatic rings. The first-order valence-corrected chi connectivity index (χ1v) is 8.50. The Bertz CT molecular complexity index is 744. The van der Waals surface area contributed by atoms with Crippen LogP contribution < -0.4 is 0 Å². The van der Waals surface area contributed by atoms with Crippen LogP contribution in [-0.2, 0) is 6.54 Å². The molecule has 1 fully saturated rings. The van der Waals surface area contributed by atoms with E-state index in [0.29, 0.717) is 6.04 Å². The summed E-state index contributed by atoms with van der Waals surface area (Å²) in [5, 5.41) is 0.971. The van der Waals surface area contributed by atoms with Gasteiger partial charge in [-0.3, -0.25) is 4.90 Å². The van der Waals surface area contributed by atoms with E-state index in [0.717, 1.165) is 29.6 Å². The molecule has 0 spiro atoms. The van der Waals surface area contributed by atoms with Gasteiger partial charge in [0.15, 0.2) is 10.8 Å². The maximum absolute atomic E-state index is 5.66. The van der Waals surface area contributed by atoms with Gasteiger partial charge in [-0.2, -0.15) is 0 Å². The predicted octanol–water partition coefficient (Wildman–Crippen LogP) is 4.38. The van der Waals surface area contributed by atoms with Crippen LogP contribution in [0.1, 0.15) is 35.2 Å². The highest BCUT2D eigenvalue weighted by molar-refractivity contribution is 7.14. The Morgan fingerprint density at radius 3 is 3.14 bits per heavy atom. The Morgan fingerprint density at radius 2 is 2.36 bits per heavy atom. The van der Waals surface area contributed by atoms with Crippen molar-refractivity contribution in [2.45, 2.75) is 32.4 Å². The highest BCUT2D eigenvalue weighted by atomic mass is 32.1. The minimum atomic E-state index is 0.506. The summed E-state index contributed by atoms with van der Waals surface area (Å²) in [7, 11) is 0. The van der Waals surface area contributed by atoms with E-state index in [1.807, 2.05) is 31.5 Å². The molecule has 1 saturated heterocycles. The number of hydrogen-bond donors (Lipinski definition) is 1. The van der Waals surface area contributed by atoms with E-state index < -0.39 is 0 Å². The number of nitrogens with zero attached hydrogens (tertiary/aromatic N) is 2. The van der Waals surface area contributed by atoms with Gasteiger partial charge in [-0.05, 0) is 50.6 Å². The summed E-state index contributed by atoms with van der Waals surface area (Å²) in [6, 6.07) is 8.75. The van der Waals surface area contributed by atoms with E-state index >= 15 is 0 Å². The largest absolute Gasteiger partial charge is 0.459 e. The summed E-state index contributed by atoms with van der Waals surface area (Å²) in [5.41, 5.74) is 1.32. The molecule has 0 aliphatic carbocycles. The SMILES string of the molecule is Cc1ccc(-c2ncc(CN3CCCC3c3ccc[nH]3)s2)o1. The van der Waals surface area contributed by atoms with E-state index in [2.05, 4.69) is 27.0 Å². The lowest BCUT2D eigenvalue weighted by atomic mass is 10.1. The third-order valence-electron chi connectivity index (χ3n) is 4.21. The second kappa shape index (κ2) is 5.74. The van der Waals surface area contributed by atoms with Gasteiger partial charge in [-0.1, -0.05) is 0 Å². The van der Waals surface area contributed by atoms with Crippen molar-refractivity contribution in [2.75, 3.05) is 6.54 Å². The Balaban J connectivity index is 1.50. The molecule has 114 valence electrons. The molecule has 1 unspecified atom stereocenters. The third kappa shape index (κ3) is 2.62. The maximum atomic E-state index is 5.66. The van der Waals surface area contributed by atoms with Crippen LogP contribution >= 0.6 is 11.3 Å². The molecule has 1 aliphatic heterocycles. The number of aromatic amines is 1. The lowest BCUT2D eigenvalue weighted by Crippen LogP contribution is -2.22. The van der Waals surface area contributed by atoms with Gasteiger partial charge in [0.2, 0.25) is 0 Å². The Kier molecular flexibility index (Phi) is 3.60. The van der Waals surface area contributed by atoms with Gasteiger partial charge in [-0.15, -0.1) is 11.3 Å². The van der Waals surface area contributed by atoms with Gasteiger partial charge < -0.3 is 9.40 Å². The summed E-state index contributed by atoms with van der Waals surface area (Å²) >= 11 is 1.73. The maximum Gasteiger partial charge on any atom is 0.162 e. The number of hydrogen-bond acceptors (Lipinski definition) is 4. The molecule has 5 heteroatoms. The first-order valence-electron chi connectivity index (χ1n) is 7.68. The highest BCUT2D eigenvalue weighted by Gasteiger charge is 2.27. The molecule has 0 radical (unpaired) electrons. The van der Waals surface area contributed by atoms with Gasteiger partial charge in [0.1, 0.15) is 5.76 Å². The van der Waals surface area contributed by atoms with Gasteiger partial charge in [0.05, 0.1) is 6.04 Å². The molecule has 3 aromatic heterocycles. The predicted molar refractivity (Wildman–Crippen MR) is 87.7 cm³/mol. The first-order chi connectivity index (χ1) is 10.8. The smallest absolute Gasteiger partial charge is 0.162 e. The fourth-order valence-electron chi connectivity index (χ4n) is 3.16. The van der Waals surface area contributed by atoms with Gasteiger partial charge in [-0.25, -0.2) is 4.98 Å². The molecular formula is C17H19N3OS. The molecule has 22 heavy (non-hydrogen) atoms. The second-order valence-electron chi connectivity index (χ2n) is 5.80. The Hall–Kier alpha value is -1.85. The normalized spacial score (nSPS) is 19.0. The van der Waals surface area contributed by atoms with E-state index in [9.17, 15) is 0 Å². The van der Waals surface area contributed by atoms with E-state index in [4.69, 9.17) is 4.42 Å². The molecular weight excluding hydrogens is 294 g/mol. The standard InChI is InChI=1S/C17H19N3OS/c1-12-6-7-16(21-12)17-19-10-13(22-17)11-20-9-3-5-15(20)14-4-2-8-18-14/h2,4,6-8,10,15,18H,3,5,9,11H2,1H3. The fourth-order valence-corrected chi connectivity index (χ4v) is 4.06. The average molecular weight is 313 g/mol. The van der Waals surface area contributed by atoms with Crippen LogP contribution in [0.4, 0.5) is 0 Å². The quantitative estimate of drug-likeness (QED) is 0.777. The van der Waals surface area contributed by atoms with Crippen LogP contribution in [0.3, 0.4) is 0 Å². The van der Waals surface area contributed by atoms with Crippen molar-refractivity contribution in [2.24, 2.45) is 0 Å². The van der Waals surface area contributed by atoms with Crippen LogP contribution in [0.5, 0.6) is 0 Å². The number of aryl methyl sites for hydroxylation is 1. The van der Waals surface area contributed by atoms with Gasteiger partial charge in [0, 0.05) is 29.5 Å². The van der Waals surface area contributed by atoms with Gasteiger partial charge >= 0.3 is 0 Å². The summed E-state index contributed by atoms with van der Waals surface area (Å²) in [6.45, 7) is 4.07. The zero-order valence-corrected chi connectivity index (χ0v) is 13.4.